The number of amides is 3. The maximum Gasteiger partial charge on any atom is 0.259 e. The largest absolute Gasteiger partial charge is 0.495 e. The molecule has 2 aromatic rings. The third-order valence-electron chi connectivity index (χ3n) is 4.96. The molecule has 3 amide bonds. The molecule has 0 unspecified atom stereocenters. The summed E-state index contributed by atoms with van der Waals surface area (Å²) in [4.78, 5) is 46.8. The van der Waals surface area contributed by atoms with Crippen LogP contribution in [-0.4, -0.2) is 52.8 Å². The van der Waals surface area contributed by atoms with Gasteiger partial charge in [0.2, 0.25) is 11.8 Å². The number of methoxy groups -OCH3 is 1. The molecule has 9 heteroatoms. The lowest BCUT2D eigenvalue weighted by atomic mass is 10.1. The Hall–Kier alpha value is -3.49. The van der Waals surface area contributed by atoms with Crippen LogP contribution in [0.4, 0.5) is 5.69 Å². The van der Waals surface area contributed by atoms with Gasteiger partial charge >= 0.3 is 0 Å². The van der Waals surface area contributed by atoms with E-state index in [1.54, 1.807) is 30.0 Å². The van der Waals surface area contributed by atoms with Crippen molar-refractivity contribution in [3.05, 3.63) is 47.5 Å². The predicted molar refractivity (Wildman–Crippen MR) is 110 cm³/mol. The minimum Gasteiger partial charge on any atom is -0.495 e. The van der Waals surface area contributed by atoms with Crippen LogP contribution in [0.25, 0.3) is 0 Å². The SMILES string of the molecule is COc1ccccc1NC(=O)c1cnc([C@@H]2CCCN2C(=O)CNC(C)=O)nc1C. The fourth-order valence-corrected chi connectivity index (χ4v) is 3.44. The average Bonchev–Trinajstić information content (AvgIpc) is 3.22. The number of para-hydroxylation sites is 2. The van der Waals surface area contributed by atoms with Crippen LogP contribution in [0.2, 0.25) is 0 Å². The van der Waals surface area contributed by atoms with E-state index in [2.05, 4.69) is 20.6 Å². The number of rotatable bonds is 6. The van der Waals surface area contributed by atoms with Crippen LogP contribution in [0.1, 0.15) is 47.7 Å². The Morgan fingerprint density at radius 3 is 2.73 bits per heavy atom. The number of anilines is 1. The molecule has 0 bridgehead atoms. The van der Waals surface area contributed by atoms with Crippen molar-refractivity contribution in [2.75, 3.05) is 25.5 Å². The number of nitrogens with zero attached hydrogens (tertiary/aromatic N) is 3. The number of ether oxygens (including phenoxy) is 1. The molecule has 9 nitrogen and oxygen atoms in total. The Kier molecular flexibility index (Phi) is 6.61. The zero-order valence-electron chi connectivity index (χ0n) is 17.3. The second-order valence-electron chi connectivity index (χ2n) is 7.04. The molecular formula is C21H25N5O4. The summed E-state index contributed by atoms with van der Waals surface area (Å²) in [5, 5.41) is 5.34. The lowest BCUT2D eigenvalue weighted by Gasteiger charge is -2.24. The number of carbonyl (C=O) groups is 3. The zero-order valence-corrected chi connectivity index (χ0v) is 17.3. The summed E-state index contributed by atoms with van der Waals surface area (Å²) in [6.45, 7) is 3.64. The highest BCUT2D eigenvalue weighted by molar-refractivity contribution is 6.05. The van der Waals surface area contributed by atoms with Crippen molar-refractivity contribution in [3.63, 3.8) is 0 Å². The highest BCUT2D eigenvalue weighted by atomic mass is 16.5. The van der Waals surface area contributed by atoms with Crippen LogP contribution < -0.4 is 15.4 Å². The van der Waals surface area contributed by atoms with Gasteiger partial charge < -0.3 is 20.3 Å². The maximum absolute atomic E-state index is 12.7. The fourth-order valence-electron chi connectivity index (χ4n) is 3.44. The van der Waals surface area contributed by atoms with Crippen molar-refractivity contribution in [1.29, 1.82) is 0 Å². The first-order chi connectivity index (χ1) is 14.4. The highest BCUT2D eigenvalue weighted by Gasteiger charge is 2.32. The zero-order chi connectivity index (χ0) is 21.7. The van der Waals surface area contributed by atoms with E-state index in [-0.39, 0.29) is 30.3 Å². The second-order valence-corrected chi connectivity index (χ2v) is 7.04. The molecule has 0 saturated carbocycles. The van der Waals surface area contributed by atoms with Crippen LogP contribution in [0, 0.1) is 6.92 Å². The van der Waals surface area contributed by atoms with E-state index in [9.17, 15) is 14.4 Å². The summed E-state index contributed by atoms with van der Waals surface area (Å²) in [5.74, 6) is 0.285. The Labute approximate surface area is 174 Å². The monoisotopic (exact) mass is 411 g/mol. The van der Waals surface area contributed by atoms with Crippen LogP contribution in [0.3, 0.4) is 0 Å². The molecule has 0 aliphatic carbocycles. The minimum absolute atomic E-state index is 0.0514. The summed E-state index contributed by atoms with van der Waals surface area (Å²) in [7, 11) is 1.54. The Bertz CT molecular complexity index is 962. The second kappa shape index (κ2) is 9.34. The molecule has 0 radical (unpaired) electrons. The van der Waals surface area contributed by atoms with E-state index in [4.69, 9.17) is 4.74 Å². The number of benzene rings is 1. The Morgan fingerprint density at radius 2 is 2.03 bits per heavy atom. The van der Waals surface area contributed by atoms with Gasteiger partial charge in [0, 0.05) is 19.7 Å². The molecule has 1 aromatic carbocycles. The molecule has 1 aliphatic rings. The van der Waals surface area contributed by atoms with E-state index >= 15 is 0 Å². The van der Waals surface area contributed by atoms with Gasteiger partial charge in [-0.2, -0.15) is 0 Å². The quantitative estimate of drug-likeness (QED) is 0.750. The van der Waals surface area contributed by atoms with Gasteiger partial charge in [0.05, 0.1) is 36.6 Å². The van der Waals surface area contributed by atoms with E-state index in [0.29, 0.717) is 35.1 Å². The molecular weight excluding hydrogens is 386 g/mol. The molecule has 2 N–H and O–H groups in total. The Morgan fingerprint density at radius 1 is 1.27 bits per heavy atom. The van der Waals surface area contributed by atoms with Crippen molar-refractivity contribution in [2.45, 2.75) is 32.7 Å². The lowest BCUT2D eigenvalue weighted by molar-refractivity contribution is -0.133. The number of likely N-dealkylation sites (tertiary alicyclic amines) is 1. The molecule has 0 spiro atoms. The topological polar surface area (TPSA) is 114 Å². The Balaban J connectivity index is 1.75. The van der Waals surface area contributed by atoms with E-state index < -0.39 is 0 Å². The molecule has 2 heterocycles. The summed E-state index contributed by atoms with van der Waals surface area (Å²) >= 11 is 0. The first-order valence-electron chi connectivity index (χ1n) is 9.72. The van der Waals surface area contributed by atoms with Gasteiger partial charge in [0.15, 0.2) is 5.82 Å². The summed E-state index contributed by atoms with van der Waals surface area (Å²) in [6.07, 6.45) is 3.05. The van der Waals surface area contributed by atoms with Gasteiger partial charge in [0.1, 0.15) is 5.75 Å². The van der Waals surface area contributed by atoms with Crippen LogP contribution in [0.15, 0.2) is 30.5 Å². The van der Waals surface area contributed by atoms with Gasteiger partial charge in [-0.3, -0.25) is 14.4 Å². The number of aryl methyl sites for hydroxylation is 1. The number of carbonyl (C=O) groups excluding carboxylic acids is 3. The van der Waals surface area contributed by atoms with Gasteiger partial charge in [0.25, 0.3) is 5.91 Å². The first kappa shape index (κ1) is 21.2. The summed E-state index contributed by atoms with van der Waals surface area (Å²) in [6, 6.07) is 6.86. The molecule has 1 fully saturated rings. The number of hydrogen-bond acceptors (Lipinski definition) is 6. The van der Waals surface area contributed by atoms with E-state index in [1.807, 2.05) is 6.07 Å². The number of aromatic nitrogens is 2. The average molecular weight is 411 g/mol. The third kappa shape index (κ3) is 4.73. The van der Waals surface area contributed by atoms with Crippen molar-refractivity contribution in [1.82, 2.24) is 20.2 Å². The smallest absolute Gasteiger partial charge is 0.259 e. The lowest BCUT2D eigenvalue weighted by Crippen LogP contribution is -2.39. The van der Waals surface area contributed by atoms with Gasteiger partial charge in [-0.1, -0.05) is 12.1 Å². The van der Waals surface area contributed by atoms with Crippen LogP contribution >= 0.6 is 0 Å². The summed E-state index contributed by atoms with van der Waals surface area (Å²) in [5.41, 5.74) is 1.42. The summed E-state index contributed by atoms with van der Waals surface area (Å²) < 4.78 is 5.26. The fraction of sp³-hybridized carbons (Fsp3) is 0.381. The number of nitrogens with one attached hydrogen (secondary N) is 2. The predicted octanol–water partition coefficient (Wildman–Crippen LogP) is 1.85. The molecule has 158 valence electrons. The molecule has 1 saturated heterocycles. The molecule has 30 heavy (non-hydrogen) atoms. The standard InChI is InChI=1S/C21H25N5O4/c1-13-15(21(29)25-16-7-4-5-9-18(16)30-3)11-23-20(24-13)17-8-6-10-26(17)19(28)12-22-14(2)27/h4-5,7,9,11,17H,6,8,10,12H2,1-3H3,(H,22,27)(H,25,29)/t17-/m0/s1. The van der Waals surface area contributed by atoms with Crippen molar-refractivity contribution < 1.29 is 19.1 Å². The normalized spacial score (nSPS) is 15.6. The van der Waals surface area contributed by atoms with Crippen molar-refractivity contribution >= 4 is 23.4 Å². The first-order valence-corrected chi connectivity index (χ1v) is 9.72. The molecule has 3 rings (SSSR count). The van der Waals surface area contributed by atoms with E-state index in [1.165, 1.54) is 20.2 Å². The highest BCUT2D eigenvalue weighted by Crippen LogP contribution is 2.30. The minimum atomic E-state index is -0.339. The van der Waals surface area contributed by atoms with Crippen molar-refractivity contribution in [2.24, 2.45) is 0 Å². The van der Waals surface area contributed by atoms with Crippen LogP contribution in [0.5, 0.6) is 5.75 Å². The molecule has 1 aliphatic heterocycles. The maximum atomic E-state index is 12.7. The molecule has 1 atom stereocenters. The molecule has 1 aromatic heterocycles. The number of hydrogen-bond donors (Lipinski definition) is 2. The van der Waals surface area contributed by atoms with Crippen molar-refractivity contribution in [3.8, 4) is 5.75 Å². The van der Waals surface area contributed by atoms with Gasteiger partial charge in [-0.25, -0.2) is 9.97 Å². The third-order valence-corrected chi connectivity index (χ3v) is 4.96. The van der Waals surface area contributed by atoms with Gasteiger partial charge in [-0.05, 0) is 31.9 Å². The van der Waals surface area contributed by atoms with E-state index in [0.717, 1.165) is 12.8 Å². The van der Waals surface area contributed by atoms with Gasteiger partial charge in [-0.15, -0.1) is 0 Å². The van der Waals surface area contributed by atoms with Crippen LogP contribution in [-0.2, 0) is 9.59 Å².